The molecule has 0 aliphatic carbocycles. The third-order valence-corrected chi connectivity index (χ3v) is 22.7. The van der Waals surface area contributed by atoms with Crippen molar-refractivity contribution in [2.45, 2.75) is 26.9 Å². The zero-order chi connectivity index (χ0) is 72.8. The molecule has 8 bridgehead atoms. The number of rotatable bonds is 11. The Labute approximate surface area is 630 Å². The topological polar surface area (TPSA) is 164 Å². The molecule has 107 heavy (non-hydrogen) atoms. The SMILES string of the molecule is CCN1C(=O)C(=S)S/C1=c1\c(=O)s/c(=c2/sc(=Cc3ccc(C#Cc4c5nc(c(-c6ccccc6)c6ccc([nH]6)c(C#Cc6ccc7c(c6)c6ccccc6n7-c6ccc(C=C(c7ccccc7)c7ccccc7)cc6)c6nc(c(-c7ccccc7)c7ccc4[nH]7)C=C6)C=C5)cc3)c(=O)n2CC(=O)O)n1CC. The van der Waals surface area contributed by atoms with Crippen molar-refractivity contribution in [3.8, 4) is 51.6 Å². The van der Waals surface area contributed by atoms with Gasteiger partial charge in [-0.3, -0.25) is 28.6 Å². The normalized spacial score (nSPS) is 13.5. The van der Waals surface area contributed by atoms with Gasteiger partial charge in [-0.25, -0.2) is 9.97 Å². The highest BCUT2D eigenvalue weighted by Crippen LogP contribution is 2.38. The first-order valence-corrected chi connectivity index (χ1v) is 37.6. The largest absolute Gasteiger partial charge is 0.480 e. The van der Waals surface area contributed by atoms with Crippen LogP contribution >= 0.6 is 46.7 Å². The van der Waals surface area contributed by atoms with Gasteiger partial charge in [0.2, 0.25) is 0 Å². The second kappa shape index (κ2) is 28.6. The van der Waals surface area contributed by atoms with E-state index in [1.54, 1.807) is 17.6 Å². The van der Waals surface area contributed by atoms with Gasteiger partial charge in [0.25, 0.3) is 16.2 Å². The third-order valence-electron chi connectivity index (χ3n) is 19.0. The van der Waals surface area contributed by atoms with Crippen molar-refractivity contribution < 1.29 is 14.7 Å². The lowest BCUT2D eigenvalue weighted by atomic mass is 9.96. The number of hydrogen-bond donors (Lipinski definition) is 3. The summed E-state index contributed by atoms with van der Waals surface area (Å²) in [4.78, 5) is 73.4. The van der Waals surface area contributed by atoms with Gasteiger partial charge >= 0.3 is 5.97 Å². The average molecular weight is 1460 g/mol. The summed E-state index contributed by atoms with van der Waals surface area (Å²) in [6.45, 7) is 3.63. The molecular weight excluding hydrogens is 1400 g/mol. The fourth-order valence-electron chi connectivity index (χ4n) is 14.0. The molecule has 0 radical (unpaired) electrons. The van der Waals surface area contributed by atoms with E-state index in [0.717, 1.165) is 151 Å². The van der Waals surface area contributed by atoms with Crippen LogP contribution in [0.3, 0.4) is 0 Å². The average Bonchev–Trinajstić information content (AvgIpc) is 1.60. The first-order valence-electron chi connectivity index (χ1n) is 34.7. The second-order valence-electron chi connectivity index (χ2n) is 25.6. The van der Waals surface area contributed by atoms with Crippen molar-refractivity contribution in [2.24, 2.45) is 0 Å². The Morgan fingerprint density at radius 2 is 1.04 bits per heavy atom. The molecule has 6 aromatic heterocycles. The van der Waals surface area contributed by atoms with Crippen LogP contribution in [0.15, 0.2) is 246 Å². The van der Waals surface area contributed by atoms with Crippen molar-refractivity contribution in [2.75, 3.05) is 6.54 Å². The Kier molecular flexibility index (Phi) is 17.9. The number of carboxylic acid groups (broad SMARTS) is 1. The number of carbonyl (C=O) groups excluding carboxylic acids is 1. The van der Waals surface area contributed by atoms with Crippen LogP contribution in [0.4, 0.5) is 0 Å². The van der Waals surface area contributed by atoms with Gasteiger partial charge in [0, 0.05) is 62.8 Å². The number of fused-ring (bicyclic) bond motifs is 11. The summed E-state index contributed by atoms with van der Waals surface area (Å²) in [6.07, 6.45) is 12.1. The number of thioether (sulfide) groups is 1. The van der Waals surface area contributed by atoms with Gasteiger partial charge < -0.3 is 24.2 Å². The quantitative estimate of drug-likeness (QED) is 0.0650. The van der Waals surface area contributed by atoms with Gasteiger partial charge in [-0.15, -0.1) is 11.3 Å². The molecule has 1 amide bonds. The molecule has 17 rings (SSSR count). The standard InChI is InChI=1S/C90H60N8O5S4/c1-3-95-83(86-96(4-2)85(102)90(104)107-86)89(103)106-87(95)88-97(54-80(99)100)84(101)79(105-88)53-58-31-29-55(30-32-58)35-40-65-69-42-46-73(91-69)81(61-23-13-7-14-24-61)75-48-44-71(93-75)66(72-45-49-76(94-72)82(62-25-15-8-16-26-62)74-47-43-70(65)92-74)41-36-57-37-50-78-68(52-57)64-27-17-18-28-77(64)98(78)63-38-33-56(34-39-63)51-67(59-19-9-5-10-20-59)60-21-11-6-12-22-60/h5-34,37-39,42-53,91,94H,3-4,54H2,1-2H3,(H,99,100)/b69-65?,70-65?,71-66?,72-66?,79-53?,81-73?,81-75?,82-74?,82-76?,86-83+,88-87+. The van der Waals surface area contributed by atoms with Gasteiger partial charge in [0.15, 0.2) is 0 Å². The van der Waals surface area contributed by atoms with E-state index in [4.69, 9.17) is 22.2 Å². The maximum Gasteiger partial charge on any atom is 0.323 e. The number of carbonyl (C=O) groups is 2. The number of thiocarbonyl (C=S) groups is 1. The van der Waals surface area contributed by atoms with Crippen molar-refractivity contribution in [3.63, 3.8) is 0 Å². The number of thiazole rings is 2. The van der Waals surface area contributed by atoms with Gasteiger partial charge in [0.1, 0.15) is 30.4 Å². The number of benzene rings is 8. The molecule has 3 N–H and O–H groups in total. The van der Waals surface area contributed by atoms with Gasteiger partial charge in [-0.05, 0) is 162 Å². The van der Waals surface area contributed by atoms with Crippen molar-refractivity contribution in [1.82, 2.24) is 38.5 Å². The molecule has 3 aliphatic rings. The molecule has 0 unspecified atom stereocenters. The lowest BCUT2D eigenvalue weighted by Crippen LogP contribution is -2.36. The van der Waals surface area contributed by atoms with Crippen LogP contribution in [0.5, 0.6) is 0 Å². The van der Waals surface area contributed by atoms with Crippen LogP contribution in [-0.2, 0) is 22.7 Å². The van der Waals surface area contributed by atoms with E-state index >= 15 is 0 Å². The highest BCUT2D eigenvalue weighted by atomic mass is 32.2. The van der Waals surface area contributed by atoms with Crippen molar-refractivity contribution >= 4 is 154 Å². The Bertz CT molecular complexity index is 6760. The first-order chi connectivity index (χ1) is 52.4. The molecule has 14 aromatic rings. The monoisotopic (exact) mass is 1460 g/mol. The smallest absolute Gasteiger partial charge is 0.323 e. The van der Waals surface area contributed by atoms with Crippen LogP contribution in [-0.4, -0.2) is 66.3 Å². The molecule has 514 valence electrons. The number of nitrogens with one attached hydrogen (secondary N) is 2. The summed E-state index contributed by atoms with van der Waals surface area (Å²) < 4.78 is 6.04. The Balaban J connectivity index is 0.772. The molecule has 0 spiro atoms. The Morgan fingerprint density at radius 1 is 0.523 bits per heavy atom. The second-order valence-corrected chi connectivity index (χ2v) is 29.2. The molecule has 3 aliphatic heterocycles. The molecule has 0 atom stereocenters. The number of H-pyrrole nitrogens is 2. The summed E-state index contributed by atoms with van der Waals surface area (Å²) in [7, 11) is 0. The molecule has 9 heterocycles. The Hall–Kier alpha value is -13.0. The van der Waals surface area contributed by atoms with E-state index in [0.29, 0.717) is 55.5 Å². The van der Waals surface area contributed by atoms with Gasteiger partial charge in [-0.2, -0.15) is 0 Å². The van der Waals surface area contributed by atoms with Crippen LogP contribution in [0.1, 0.15) is 81.1 Å². The first kappa shape index (κ1) is 67.2. The number of hydrogen-bond acceptors (Lipinski definition) is 10. The summed E-state index contributed by atoms with van der Waals surface area (Å²) in [6, 6.07) is 81.0. The predicted octanol–water partition coefficient (Wildman–Crippen LogP) is 17.1. The van der Waals surface area contributed by atoms with Crippen LogP contribution in [0.25, 0.3) is 119 Å². The maximum absolute atomic E-state index is 14.3. The molecule has 0 saturated carbocycles. The molecule has 8 aromatic carbocycles. The van der Waals surface area contributed by atoms with E-state index in [2.05, 4.69) is 208 Å². The highest BCUT2D eigenvalue weighted by Gasteiger charge is 2.33. The Morgan fingerprint density at radius 3 is 1.62 bits per heavy atom. The van der Waals surface area contributed by atoms with Gasteiger partial charge in [-0.1, -0.05) is 223 Å². The fraction of sp³-hybridized carbons (Fsp3) is 0.0556. The summed E-state index contributed by atoms with van der Waals surface area (Å²) >= 11 is 8.41. The van der Waals surface area contributed by atoms with E-state index in [9.17, 15) is 24.3 Å². The van der Waals surface area contributed by atoms with Crippen molar-refractivity contribution in [3.05, 3.63) is 343 Å². The van der Waals surface area contributed by atoms with E-state index < -0.39 is 18.1 Å². The predicted molar refractivity (Wildman–Crippen MR) is 441 cm³/mol. The zero-order valence-electron chi connectivity index (χ0n) is 57.5. The third kappa shape index (κ3) is 12.8. The number of amides is 1. The number of aromatic amines is 2. The molecular formula is C90H60N8O5S4. The lowest BCUT2D eigenvalue weighted by molar-refractivity contribution is -0.137. The highest BCUT2D eigenvalue weighted by molar-refractivity contribution is 8.31. The number of aromatic nitrogens is 7. The van der Waals surface area contributed by atoms with Crippen molar-refractivity contribution in [1.29, 1.82) is 0 Å². The number of carboxylic acids is 1. The van der Waals surface area contributed by atoms with Crippen LogP contribution in [0, 0.1) is 33.0 Å². The minimum absolute atomic E-state index is 0.136. The van der Waals surface area contributed by atoms with Crippen LogP contribution in [0.2, 0.25) is 0 Å². The molecule has 13 nitrogen and oxygen atoms in total. The molecule has 17 heteroatoms. The van der Waals surface area contributed by atoms with Gasteiger partial charge in [0.05, 0.1) is 60.5 Å². The molecule has 1 fully saturated rings. The number of para-hydroxylation sites is 1. The van der Waals surface area contributed by atoms with E-state index in [-0.39, 0.29) is 24.7 Å². The summed E-state index contributed by atoms with van der Waals surface area (Å²) in [5.74, 6) is 12.7. The number of nitrogens with zero attached hydrogens (tertiary/aromatic N) is 6. The zero-order valence-corrected chi connectivity index (χ0v) is 60.8. The maximum atomic E-state index is 14.3. The summed E-state index contributed by atoms with van der Waals surface area (Å²) in [5.41, 5.74) is 20.5. The van der Waals surface area contributed by atoms with E-state index in [1.807, 2.05) is 104 Å². The minimum Gasteiger partial charge on any atom is -0.480 e. The fourth-order valence-corrected chi connectivity index (χ4v) is 17.7. The lowest BCUT2D eigenvalue weighted by Gasteiger charge is -2.13. The van der Waals surface area contributed by atoms with E-state index in [1.165, 1.54) is 9.47 Å². The minimum atomic E-state index is -1.22. The van der Waals surface area contributed by atoms with Crippen LogP contribution < -0.4 is 20.2 Å². The number of aliphatic carboxylic acids is 1. The summed E-state index contributed by atoms with van der Waals surface area (Å²) in [5, 5.41) is 13.0. The molecule has 1 saturated heterocycles.